The Balaban J connectivity index is 1.68. The molecule has 152 valence electrons. The zero-order chi connectivity index (χ0) is 21.0. The largest absolute Gasteiger partial charge is 0.481 e. The molecule has 2 aromatic carbocycles. The molecule has 6 nitrogen and oxygen atoms in total. The summed E-state index contributed by atoms with van der Waals surface area (Å²) in [6.07, 6.45) is 1.11. The number of carboxylic acid groups (broad SMARTS) is 2. The number of carbonyl (C=O) groups is 3. The van der Waals surface area contributed by atoms with Crippen molar-refractivity contribution in [3.8, 4) is 11.1 Å². The summed E-state index contributed by atoms with van der Waals surface area (Å²) in [6, 6.07) is 17.6. The predicted octanol–water partition coefficient (Wildman–Crippen LogP) is 3.21. The minimum absolute atomic E-state index is 0.284. The molecule has 3 N–H and O–H groups in total. The summed E-state index contributed by atoms with van der Waals surface area (Å²) in [6.45, 7) is 1.61. The molecule has 29 heavy (non-hydrogen) atoms. The fourth-order valence-corrected chi connectivity index (χ4v) is 3.54. The van der Waals surface area contributed by atoms with Crippen molar-refractivity contribution >= 4 is 17.8 Å². The number of benzene rings is 2. The van der Waals surface area contributed by atoms with Crippen LogP contribution in [-0.4, -0.2) is 34.1 Å². The van der Waals surface area contributed by atoms with Crippen LogP contribution in [0.3, 0.4) is 0 Å². The van der Waals surface area contributed by atoms with Crippen molar-refractivity contribution in [2.75, 3.05) is 0 Å². The van der Waals surface area contributed by atoms with E-state index in [-0.39, 0.29) is 18.4 Å². The average molecular weight is 395 g/mol. The SMILES string of the molecule is C[C@H](CC(Cc1ccc(-c2ccccc2)cc1)NC(=O)[C@@H]1C[C@@H]1C(=O)O)C(=O)O. The summed E-state index contributed by atoms with van der Waals surface area (Å²) in [5.74, 6) is -3.94. The molecule has 0 aromatic heterocycles. The first-order chi connectivity index (χ1) is 13.8. The van der Waals surface area contributed by atoms with E-state index in [0.717, 1.165) is 16.7 Å². The van der Waals surface area contributed by atoms with Crippen molar-refractivity contribution in [2.24, 2.45) is 17.8 Å². The van der Waals surface area contributed by atoms with Gasteiger partial charge in [0.05, 0.1) is 17.8 Å². The summed E-state index contributed by atoms with van der Waals surface area (Å²) in [5, 5.41) is 21.1. The van der Waals surface area contributed by atoms with Crippen LogP contribution in [0, 0.1) is 17.8 Å². The van der Waals surface area contributed by atoms with Crippen LogP contribution in [0.25, 0.3) is 11.1 Å². The van der Waals surface area contributed by atoms with Gasteiger partial charge >= 0.3 is 11.9 Å². The topological polar surface area (TPSA) is 104 Å². The highest BCUT2D eigenvalue weighted by Crippen LogP contribution is 2.39. The highest BCUT2D eigenvalue weighted by atomic mass is 16.4. The van der Waals surface area contributed by atoms with Gasteiger partial charge in [-0.3, -0.25) is 14.4 Å². The summed E-state index contributed by atoms with van der Waals surface area (Å²) in [7, 11) is 0. The molecule has 0 aliphatic heterocycles. The Morgan fingerprint density at radius 3 is 2.14 bits per heavy atom. The highest BCUT2D eigenvalue weighted by Gasteiger charge is 2.48. The zero-order valence-electron chi connectivity index (χ0n) is 16.2. The molecule has 0 bridgehead atoms. The van der Waals surface area contributed by atoms with Gasteiger partial charge in [-0.05, 0) is 36.0 Å². The molecule has 0 heterocycles. The van der Waals surface area contributed by atoms with Gasteiger partial charge in [0.15, 0.2) is 0 Å². The molecule has 1 saturated carbocycles. The van der Waals surface area contributed by atoms with Gasteiger partial charge in [-0.2, -0.15) is 0 Å². The van der Waals surface area contributed by atoms with Crippen LogP contribution in [0.4, 0.5) is 0 Å². The molecule has 0 radical (unpaired) electrons. The molecule has 1 fully saturated rings. The van der Waals surface area contributed by atoms with Crippen molar-refractivity contribution in [3.63, 3.8) is 0 Å². The van der Waals surface area contributed by atoms with Crippen molar-refractivity contribution < 1.29 is 24.6 Å². The Bertz CT molecular complexity index is 878. The first-order valence-corrected chi connectivity index (χ1v) is 9.75. The quantitative estimate of drug-likeness (QED) is 0.605. The van der Waals surface area contributed by atoms with E-state index < -0.39 is 29.7 Å². The lowest BCUT2D eigenvalue weighted by molar-refractivity contribution is -0.141. The van der Waals surface area contributed by atoms with Crippen molar-refractivity contribution in [3.05, 3.63) is 60.2 Å². The molecule has 6 heteroatoms. The standard InChI is InChI=1S/C23H25NO5/c1-14(22(26)27)11-18(24-21(25)19-13-20(19)23(28)29)12-15-7-9-17(10-8-15)16-5-3-2-4-6-16/h2-10,14,18-20H,11-13H2,1H3,(H,24,25)(H,26,27)(H,28,29)/t14-,18?,19-,20+/m1/s1. The third kappa shape index (κ3) is 5.44. The summed E-state index contributed by atoms with van der Waals surface area (Å²) >= 11 is 0. The van der Waals surface area contributed by atoms with E-state index in [2.05, 4.69) is 5.32 Å². The molecule has 1 unspecified atom stereocenters. The molecule has 2 aromatic rings. The van der Waals surface area contributed by atoms with E-state index in [9.17, 15) is 19.5 Å². The number of hydrogen-bond donors (Lipinski definition) is 3. The van der Waals surface area contributed by atoms with Crippen LogP contribution in [0.2, 0.25) is 0 Å². The van der Waals surface area contributed by atoms with Gasteiger partial charge in [-0.1, -0.05) is 61.5 Å². The normalized spacial score (nSPS) is 19.8. The molecule has 0 saturated heterocycles. The number of amides is 1. The lowest BCUT2D eigenvalue weighted by Gasteiger charge is -2.21. The van der Waals surface area contributed by atoms with Gasteiger partial charge in [0.25, 0.3) is 0 Å². The third-order valence-corrected chi connectivity index (χ3v) is 5.39. The first kappa shape index (κ1) is 20.6. The van der Waals surface area contributed by atoms with Crippen molar-refractivity contribution in [1.82, 2.24) is 5.32 Å². The fourth-order valence-electron chi connectivity index (χ4n) is 3.54. The third-order valence-electron chi connectivity index (χ3n) is 5.39. The van der Waals surface area contributed by atoms with Gasteiger partial charge in [0, 0.05) is 6.04 Å². The maximum Gasteiger partial charge on any atom is 0.307 e. The fraction of sp³-hybridized carbons (Fsp3) is 0.348. The molecular formula is C23H25NO5. The van der Waals surface area contributed by atoms with Crippen molar-refractivity contribution in [1.29, 1.82) is 0 Å². The van der Waals surface area contributed by atoms with E-state index in [4.69, 9.17) is 5.11 Å². The number of hydrogen-bond acceptors (Lipinski definition) is 3. The number of nitrogens with one attached hydrogen (secondary N) is 1. The molecule has 3 rings (SSSR count). The monoisotopic (exact) mass is 395 g/mol. The second-order valence-corrected chi connectivity index (χ2v) is 7.73. The van der Waals surface area contributed by atoms with Crippen molar-refractivity contribution in [2.45, 2.75) is 32.2 Å². The lowest BCUT2D eigenvalue weighted by Crippen LogP contribution is -2.40. The van der Waals surface area contributed by atoms with Crippen LogP contribution >= 0.6 is 0 Å². The van der Waals surface area contributed by atoms with Gasteiger partial charge in [-0.25, -0.2) is 0 Å². The number of rotatable bonds is 9. The van der Waals surface area contributed by atoms with Gasteiger partial charge in [-0.15, -0.1) is 0 Å². The average Bonchev–Trinajstić information content (AvgIpc) is 3.50. The van der Waals surface area contributed by atoms with Gasteiger partial charge < -0.3 is 15.5 Å². The number of carboxylic acids is 2. The minimum atomic E-state index is -0.961. The predicted molar refractivity (Wildman–Crippen MR) is 108 cm³/mol. The molecule has 4 atom stereocenters. The van der Waals surface area contributed by atoms with Crippen LogP contribution in [0.1, 0.15) is 25.3 Å². The Morgan fingerprint density at radius 2 is 1.59 bits per heavy atom. The Morgan fingerprint density at radius 1 is 0.966 bits per heavy atom. The van der Waals surface area contributed by atoms with Crippen LogP contribution in [0.15, 0.2) is 54.6 Å². The minimum Gasteiger partial charge on any atom is -0.481 e. The lowest BCUT2D eigenvalue weighted by atomic mass is 9.94. The Hall–Kier alpha value is -3.15. The van der Waals surface area contributed by atoms with Crippen LogP contribution in [0.5, 0.6) is 0 Å². The zero-order valence-corrected chi connectivity index (χ0v) is 16.2. The molecule has 1 amide bonds. The maximum atomic E-state index is 12.4. The smallest absolute Gasteiger partial charge is 0.307 e. The highest BCUT2D eigenvalue weighted by molar-refractivity contribution is 5.89. The Kier molecular flexibility index (Phi) is 6.32. The molecule has 1 aliphatic rings. The van der Waals surface area contributed by atoms with Crippen LogP contribution in [-0.2, 0) is 20.8 Å². The van der Waals surface area contributed by atoms with E-state index in [0.29, 0.717) is 12.8 Å². The van der Waals surface area contributed by atoms with Gasteiger partial charge in [0.1, 0.15) is 0 Å². The van der Waals surface area contributed by atoms with Crippen LogP contribution < -0.4 is 5.32 Å². The molecular weight excluding hydrogens is 370 g/mol. The maximum absolute atomic E-state index is 12.4. The second-order valence-electron chi connectivity index (χ2n) is 7.73. The number of carbonyl (C=O) groups excluding carboxylic acids is 1. The number of aliphatic carboxylic acids is 2. The van der Waals surface area contributed by atoms with E-state index in [1.165, 1.54) is 0 Å². The summed E-state index contributed by atoms with van der Waals surface area (Å²) < 4.78 is 0. The Labute approximate surface area is 169 Å². The summed E-state index contributed by atoms with van der Waals surface area (Å²) in [5.41, 5.74) is 3.17. The van der Waals surface area contributed by atoms with E-state index in [1.807, 2.05) is 54.6 Å². The summed E-state index contributed by atoms with van der Waals surface area (Å²) in [4.78, 5) is 34.7. The van der Waals surface area contributed by atoms with E-state index in [1.54, 1.807) is 6.92 Å². The second kappa shape index (κ2) is 8.90. The molecule has 1 aliphatic carbocycles. The first-order valence-electron chi connectivity index (χ1n) is 9.75. The molecule has 0 spiro atoms. The van der Waals surface area contributed by atoms with Gasteiger partial charge in [0.2, 0.25) is 5.91 Å². The van der Waals surface area contributed by atoms with E-state index >= 15 is 0 Å².